The Kier molecular flexibility index (Phi) is 6.20. The summed E-state index contributed by atoms with van der Waals surface area (Å²) >= 11 is 0. The molecular formula is C20H32N6O2. The second-order valence-corrected chi connectivity index (χ2v) is 8.10. The lowest BCUT2D eigenvalue weighted by Gasteiger charge is -2.39. The van der Waals surface area contributed by atoms with E-state index in [4.69, 9.17) is 9.47 Å². The zero-order valence-electron chi connectivity index (χ0n) is 17.8. The minimum Gasteiger partial charge on any atom is -0.497 e. The molecule has 8 nitrogen and oxygen atoms in total. The fourth-order valence-electron chi connectivity index (χ4n) is 3.72. The van der Waals surface area contributed by atoms with Gasteiger partial charge in [0.05, 0.1) is 19.8 Å². The molecule has 154 valence electrons. The zero-order chi connectivity index (χ0) is 20.3. The summed E-state index contributed by atoms with van der Waals surface area (Å²) in [6.45, 7) is 13.6. The lowest BCUT2D eigenvalue weighted by atomic mass is 10.00. The number of piperazine rings is 1. The van der Waals surface area contributed by atoms with Crippen LogP contribution in [0.4, 0.5) is 0 Å². The van der Waals surface area contributed by atoms with E-state index < -0.39 is 0 Å². The summed E-state index contributed by atoms with van der Waals surface area (Å²) in [6, 6.07) is 5.87. The molecule has 0 bridgehead atoms. The maximum atomic E-state index is 5.73. The topological polar surface area (TPSA) is 68.5 Å². The number of hydrogen-bond acceptors (Lipinski definition) is 7. The Hall–Kier alpha value is -2.19. The van der Waals surface area contributed by atoms with Gasteiger partial charge in [-0.15, -0.1) is 5.10 Å². The van der Waals surface area contributed by atoms with Crippen molar-refractivity contribution in [3.8, 4) is 11.5 Å². The monoisotopic (exact) mass is 388 g/mol. The number of methoxy groups -OCH3 is 2. The Morgan fingerprint density at radius 2 is 1.79 bits per heavy atom. The third-order valence-corrected chi connectivity index (χ3v) is 5.33. The number of ether oxygens (including phenoxy) is 2. The fourth-order valence-corrected chi connectivity index (χ4v) is 3.72. The van der Waals surface area contributed by atoms with Crippen molar-refractivity contribution in [3.63, 3.8) is 0 Å². The highest BCUT2D eigenvalue weighted by molar-refractivity contribution is 5.44. The van der Waals surface area contributed by atoms with E-state index in [0.29, 0.717) is 0 Å². The van der Waals surface area contributed by atoms with Gasteiger partial charge in [-0.2, -0.15) is 0 Å². The number of nitrogens with zero attached hydrogens (tertiary/aromatic N) is 6. The SMILES string of the molecule is CCN1CCN(C(c2ccc(OC)cc2OC)c2nnnn2C(C)(C)C)CC1. The summed E-state index contributed by atoms with van der Waals surface area (Å²) in [7, 11) is 3.35. The molecule has 0 spiro atoms. The van der Waals surface area contributed by atoms with E-state index in [0.717, 1.165) is 55.6 Å². The highest BCUT2D eigenvalue weighted by Crippen LogP contribution is 2.37. The number of benzene rings is 1. The van der Waals surface area contributed by atoms with E-state index in [1.165, 1.54) is 0 Å². The van der Waals surface area contributed by atoms with Crippen LogP contribution in [0.15, 0.2) is 18.2 Å². The van der Waals surface area contributed by atoms with Gasteiger partial charge in [0.25, 0.3) is 0 Å². The second-order valence-electron chi connectivity index (χ2n) is 8.10. The van der Waals surface area contributed by atoms with Crippen molar-refractivity contribution in [1.82, 2.24) is 30.0 Å². The van der Waals surface area contributed by atoms with E-state index in [2.05, 4.69) is 59.1 Å². The van der Waals surface area contributed by atoms with E-state index in [9.17, 15) is 0 Å². The lowest BCUT2D eigenvalue weighted by Crippen LogP contribution is -2.48. The minimum atomic E-state index is -0.220. The van der Waals surface area contributed by atoms with Crippen molar-refractivity contribution in [2.45, 2.75) is 39.3 Å². The maximum absolute atomic E-state index is 5.73. The number of rotatable bonds is 6. The Morgan fingerprint density at radius 3 is 2.36 bits per heavy atom. The molecule has 8 heteroatoms. The van der Waals surface area contributed by atoms with Gasteiger partial charge in [0, 0.05) is 37.8 Å². The molecule has 1 aromatic carbocycles. The van der Waals surface area contributed by atoms with Gasteiger partial charge in [-0.1, -0.05) is 6.92 Å². The molecule has 1 fully saturated rings. The van der Waals surface area contributed by atoms with Crippen molar-refractivity contribution in [2.75, 3.05) is 46.9 Å². The van der Waals surface area contributed by atoms with Crippen LogP contribution in [-0.4, -0.2) is 77.0 Å². The zero-order valence-corrected chi connectivity index (χ0v) is 17.8. The molecule has 0 amide bonds. The lowest BCUT2D eigenvalue weighted by molar-refractivity contribution is 0.105. The van der Waals surface area contributed by atoms with Gasteiger partial charge in [-0.25, -0.2) is 4.68 Å². The average Bonchev–Trinajstić information content (AvgIpc) is 3.19. The van der Waals surface area contributed by atoms with Crippen molar-refractivity contribution in [1.29, 1.82) is 0 Å². The maximum Gasteiger partial charge on any atom is 0.173 e. The van der Waals surface area contributed by atoms with Gasteiger partial charge in [0.2, 0.25) is 0 Å². The highest BCUT2D eigenvalue weighted by Gasteiger charge is 2.34. The normalized spacial score (nSPS) is 17.5. The second kappa shape index (κ2) is 8.45. The number of hydrogen-bond donors (Lipinski definition) is 0. The molecule has 2 heterocycles. The van der Waals surface area contributed by atoms with Crippen LogP contribution in [0.3, 0.4) is 0 Å². The average molecular weight is 389 g/mol. The summed E-state index contributed by atoms with van der Waals surface area (Å²) < 4.78 is 13.0. The molecule has 0 aliphatic carbocycles. The first-order chi connectivity index (χ1) is 13.4. The molecule has 3 rings (SSSR count). The number of likely N-dealkylation sites (N-methyl/N-ethyl adjacent to an activating group) is 1. The first kappa shape index (κ1) is 20.5. The Balaban J connectivity index is 2.07. The summed E-state index contributed by atoms with van der Waals surface area (Å²) in [5.41, 5.74) is 0.829. The highest BCUT2D eigenvalue weighted by atomic mass is 16.5. The fraction of sp³-hybridized carbons (Fsp3) is 0.650. The molecule has 1 atom stereocenters. The Bertz CT molecular complexity index is 777. The molecule has 1 saturated heterocycles. The first-order valence-electron chi connectivity index (χ1n) is 9.86. The van der Waals surface area contributed by atoms with Crippen LogP contribution in [0.25, 0.3) is 0 Å². The van der Waals surface area contributed by atoms with Crippen LogP contribution in [0.2, 0.25) is 0 Å². The van der Waals surface area contributed by atoms with Gasteiger partial charge in [0.1, 0.15) is 17.5 Å². The third-order valence-electron chi connectivity index (χ3n) is 5.33. The predicted octanol–water partition coefficient (Wildman–Crippen LogP) is 2.17. The Labute approximate surface area is 167 Å². The van der Waals surface area contributed by atoms with E-state index in [-0.39, 0.29) is 11.6 Å². The van der Waals surface area contributed by atoms with Crippen LogP contribution in [0.1, 0.15) is 45.1 Å². The molecule has 1 unspecified atom stereocenters. The molecule has 2 aromatic rings. The number of tetrazole rings is 1. The molecule has 28 heavy (non-hydrogen) atoms. The largest absolute Gasteiger partial charge is 0.497 e. The van der Waals surface area contributed by atoms with Crippen molar-refractivity contribution in [3.05, 3.63) is 29.6 Å². The molecule has 1 aliphatic rings. The van der Waals surface area contributed by atoms with E-state index >= 15 is 0 Å². The molecule has 0 radical (unpaired) electrons. The van der Waals surface area contributed by atoms with Crippen LogP contribution in [-0.2, 0) is 5.54 Å². The molecular weight excluding hydrogens is 356 g/mol. The van der Waals surface area contributed by atoms with Crippen molar-refractivity contribution >= 4 is 0 Å². The summed E-state index contributed by atoms with van der Waals surface area (Å²) in [5.74, 6) is 2.39. The van der Waals surface area contributed by atoms with Crippen LogP contribution < -0.4 is 9.47 Å². The standard InChI is InChI=1S/C20H32N6O2/c1-7-24-10-12-25(13-11-24)18(19-21-22-23-26(19)20(2,3)4)16-9-8-15(27-5)14-17(16)28-6/h8-9,14,18H,7,10-13H2,1-6H3. The van der Waals surface area contributed by atoms with Gasteiger partial charge < -0.3 is 14.4 Å². The summed E-state index contributed by atoms with van der Waals surface area (Å²) in [5, 5.41) is 12.8. The van der Waals surface area contributed by atoms with E-state index in [1.807, 2.05) is 16.8 Å². The van der Waals surface area contributed by atoms with E-state index in [1.54, 1.807) is 14.2 Å². The van der Waals surface area contributed by atoms with Crippen LogP contribution in [0.5, 0.6) is 11.5 Å². The molecule has 0 saturated carbocycles. The minimum absolute atomic E-state index is 0.0888. The number of aromatic nitrogens is 4. The molecule has 0 N–H and O–H groups in total. The van der Waals surface area contributed by atoms with Gasteiger partial charge in [-0.05, 0) is 49.9 Å². The van der Waals surface area contributed by atoms with Crippen molar-refractivity contribution in [2.24, 2.45) is 0 Å². The van der Waals surface area contributed by atoms with Gasteiger partial charge in [0.15, 0.2) is 5.82 Å². The van der Waals surface area contributed by atoms with Crippen molar-refractivity contribution < 1.29 is 9.47 Å². The van der Waals surface area contributed by atoms with Crippen LogP contribution in [0, 0.1) is 0 Å². The summed E-state index contributed by atoms with van der Waals surface area (Å²) in [4.78, 5) is 4.91. The smallest absolute Gasteiger partial charge is 0.173 e. The van der Waals surface area contributed by atoms with Gasteiger partial charge in [-0.3, -0.25) is 4.90 Å². The quantitative estimate of drug-likeness (QED) is 0.751. The van der Waals surface area contributed by atoms with Crippen LogP contribution >= 0.6 is 0 Å². The Morgan fingerprint density at radius 1 is 1.07 bits per heavy atom. The third kappa shape index (κ3) is 4.12. The predicted molar refractivity (Wildman–Crippen MR) is 108 cm³/mol. The molecule has 1 aromatic heterocycles. The first-order valence-corrected chi connectivity index (χ1v) is 9.86. The molecule has 1 aliphatic heterocycles. The van der Waals surface area contributed by atoms with Gasteiger partial charge >= 0.3 is 0 Å². The summed E-state index contributed by atoms with van der Waals surface area (Å²) in [6.07, 6.45) is 0.